The minimum absolute atomic E-state index is 0.0591. The summed E-state index contributed by atoms with van der Waals surface area (Å²) in [5.74, 6) is 1.65. The lowest BCUT2D eigenvalue weighted by Gasteiger charge is -2.26. The molecule has 0 radical (unpaired) electrons. The largest absolute Gasteiger partial charge is 0.391 e. The maximum Gasteiger partial charge on any atom is 0.132 e. The number of hydrogen-bond donors (Lipinski definition) is 1. The van der Waals surface area contributed by atoms with Crippen LogP contribution < -0.4 is 4.90 Å². The van der Waals surface area contributed by atoms with Crippen molar-refractivity contribution >= 4 is 5.82 Å². The van der Waals surface area contributed by atoms with Crippen LogP contribution in [0, 0.1) is 12.8 Å². The fourth-order valence-electron chi connectivity index (χ4n) is 2.08. The van der Waals surface area contributed by atoms with E-state index >= 15 is 0 Å². The number of rotatable bonds is 5. The molecule has 0 fully saturated rings. The van der Waals surface area contributed by atoms with E-state index in [1.54, 1.807) is 0 Å². The number of aromatic nitrogens is 2. The van der Waals surface area contributed by atoms with Gasteiger partial charge in [-0.05, 0) is 19.8 Å². The average molecular weight is 225 g/mol. The minimum Gasteiger partial charge on any atom is -0.391 e. The summed E-state index contributed by atoms with van der Waals surface area (Å²) in [6.45, 7) is 10.5. The molecule has 0 unspecified atom stereocenters. The molecule has 16 heavy (non-hydrogen) atoms. The van der Waals surface area contributed by atoms with E-state index in [-0.39, 0.29) is 6.61 Å². The van der Waals surface area contributed by atoms with Gasteiger partial charge in [0, 0.05) is 25.7 Å². The Balaban J connectivity index is 3.08. The first kappa shape index (κ1) is 13.0. The molecule has 1 aromatic heterocycles. The fourth-order valence-corrected chi connectivity index (χ4v) is 2.08. The quantitative estimate of drug-likeness (QED) is 0.829. The molecule has 4 nitrogen and oxygen atoms in total. The lowest BCUT2D eigenvalue weighted by Crippen LogP contribution is -2.30. The van der Waals surface area contributed by atoms with Crippen LogP contribution in [0.2, 0.25) is 0 Å². The van der Waals surface area contributed by atoms with Crippen molar-refractivity contribution < 1.29 is 5.11 Å². The first-order valence-corrected chi connectivity index (χ1v) is 5.89. The van der Waals surface area contributed by atoms with Crippen molar-refractivity contribution in [2.75, 3.05) is 18.0 Å². The zero-order valence-corrected chi connectivity index (χ0v) is 11.0. The molecule has 1 N–H and O–H groups in total. The molecule has 0 saturated heterocycles. The Morgan fingerprint density at radius 1 is 1.44 bits per heavy atom. The Morgan fingerprint density at radius 3 is 2.50 bits per heavy atom. The lowest BCUT2D eigenvalue weighted by atomic mass is 10.2. The van der Waals surface area contributed by atoms with Crippen LogP contribution in [0.1, 0.15) is 32.0 Å². The van der Waals surface area contributed by atoms with Gasteiger partial charge in [-0.3, -0.25) is 4.68 Å². The minimum atomic E-state index is 0.0591. The van der Waals surface area contributed by atoms with Crippen LogP contribution in [0.4, 0.5) is 5.82 Å². The molecule has 0 aliphatic carbocycles. The van der Waals surface area contributed by atoms with E-state index in [2.05, 4.69) is 30.8 Å². The normalized spacial score (nSPS) is 11.2. The van der Waals surface area contributed by atoms with Crippen molar-refractivity contribution in [1.29, 1.82) is 0 Å². The van der Waals surface area contributed by atoms with Gasteiger partial charge < -0.3 is 10.0 Å². The van der Waals surface area contributed by atoms with Gasteiger partial charge in [0.15, 0.2) is 0 Å². The predicted molar refractivity (Wildman–Crippen MR) is 66.6 cm³/mol. The van der Waals surface area contributed by atoms with Gasteiger partial charge >= 0.3 is 0 Å². The Hall–Kier alpha value is -1.03. The lowest BCUT2D eigenvalue weighted by molar-refractivity contribution is 0.281. The summed E-state index contributed by atoms with van der Waals surface area (Å²) >= 11 is 0. The van der Waals surface area contributed by atoms with Crippen LogP contribution in [-0.4, -0.2) is 28.0 Å². The van der Waals surface area contributed by atoms with E-state index < -0.39 is 0 Å². The van der Waals surface area contributed by atoms with Crippen molar-refractivity contribution in [2.45, 2.75) is 34.3 Å². The number of aryl methyl sites for hydroxylation is 2. The van der Waals surface area contributed by atoms with E-state index in [1.165, 1.54) is 0 Å². The summed E-state index contributed by atoms with van der Waals surface area (Å²) in [5, 5.41) is 13.8. The standard InChI is InChI=1S/C12H23N3O/c1-6-15(7-9(2)3)12-11(8-16)10(4)13-14(12)5/h9,16H,6-8H2,1-5H3. The van der Waals surface area contributed by atoms with Crippen LogP contribution in [0.15, 0.2) is 0 Å². The Morgan fingerprint density at radius 2 is 2.06 bits per heavy atom. The van der Waals surface area contributed by atoms with Crippen LogP contribution in [0.5, 0.6) is 0 Å². The first-order valence-electron chi connectivity index (χ1n) is 5.89. The van der Waals surface area contributed by atoms with Crippen molar-refractivity contribution in [3.8, 4) is 0 Å². The van der Waals surface area contributed by atoms with Gasteiger partial charge in [-0.25, -0.2) is 0 Å². The highest BCUT2D eigenvalue weighted by Gasteiger charge is 2.18. The predicted octanol–water partition coefficient (Wildman–Crippen LogP) is 1.70. The molecule has 0 amide bonds. The number of aliphatic hydroxyl groups is 1. The Kier molecular flexibility index (Phi) is 4.35. The molecule has 0 aliphatic heterocycles. The molecular formula is C12H23N3O. The highest BCUT2D eigenvalue weighted by atomic mass is 16.3. The van der Waals surface area contributed by atoms with Crippen LogP contribution in [-0.2, 0) is 13.7 Å². The summed E-state index contributed by atoms with van der Waals surface area (Å²) in [6, 6.07) is 0. The summed E-state index contributed by atoms with van der Waals surface area (Å²) in [6.07, 6.45) is 0. The molecule has 1 aromatic rings. The zero-order valence-electron chi connectivity index (χ0n) is 11.0. The Bertz CT molecular complexity index is 344. The summed E-state index contributed by atoms with van der Waals surface area (Å²) in [7, 11) is 1.94. The maximum atomic E-state index is 9.41. The van der Waals surface area contributed by atoms with Gasteiger partial charge in [-0.15, -0.1) is 0 Å². The van der Waals surface area contributed by atoms with E-state index in [0.29, 0.717) is 5.92 Å². The molecule has 0 bridgehead atoms. The SMILES string of the molecule is CCN(CC(C)C)c1c(CO)c(C)nn1C. The second-order valence-electron chi connectivity index (χ2n) is 4.60. The smallest absolute Gasteiger partial charge is 0.132 e. The van der Waals surface area contributed by atoms with Crippen LogP contribution >= 0.6 is 0 Å². The molecule has 0 atom stereocenters. The van der Waals surface area contributed by atoms with Gasteiger partial charge in [0.05, 0.1) is 12.3 Å². The molecule has 0 spiro atoms. The highest BCUT2D eigenvalue weighted by Crippen LogP contribution is 2.23. The molecule has 0 aliphatic rings. The van der Waals surface area contributed by atoms with Gasteiger partial charge in [0.25, 0.3) is 0 Å². The fraction of sp³-hybridized carbons (Fsp3) is 0.750. The molecular weight excluding hydrogens is 202 g/mol. The van der Waals surface area contributed by atoms with E-state index in [4.69, 9.17) is 0 Å². The van der Waals surface area contributed by atoms with Crippen LogP contribution in [0.3, 0.4) is 0 Å². The molecule has 0 aromatic carbocycles. The third kappa shape index (κ3) is 2.55. The van der Waals surface area contributed by atoms with Gasteiger partial charge in [0.1, 0.15) is 5.82 Å². The molecule has 1 rings (SSSR count). The van der Waals surface area contributed by atoms with Crippen molar-refractivity contribution in [3.05, 3.63) is 11.3 Å². The third-order valence-electron chi connectivity index (χ3n) is 2.74. The Labute approximate surface area is 97.9 Å². The third-order valence-corrected chi connectivity index (χ3v) is 2.74. The second kappa shape index (κ2) is 5.34. The first-order chi connectivity index (χ1) is 7.51. The molecule has 4 heteroatoms. The second-order valence-corrected chi connectivity index (χ2v) is 4.60. The maximum absolute atomic E-state index is 9.41. The number of aliphatic hydroxyl groups excluding tert-OH is 1. The average Bonchev–Trinajstić information content (AvgIpc) is 2.49. The van der Waals surface area contributed by atoms with Crippen molar-refractivity contribution in [2.24, 2.45) is 13.0 Å². The van der Waals surface area contributed by atoms with Gasteiger partial charge in [-0.2, -0.15) is 5.10 Å². The zero-order chi connectivity index (χ0) is 12.3. The molecule has 1 heterocycles. The molecule has 0 saturated carbocycles. The monoisotopic (exact) mass is 225 g/mol. The van der Waals surface area contributed by atoms with E-state index in [1.807, 2.05) is 18.7 Å². The topological polar surface area (TPSA) is 41.3 Å². The van der Waals surface area contributed by atoms with Crippen molar-refractivity contribution in [3.63, 3.8) is 0 Å². The summed E-state index contributed by atoms with van der Waals surface area (Å²) in [4.78, 5) is 2.27. The number of nitrogens with zero attached hydrogens (tertiary/aromatic N) is 3. The highest BCUT2D eigenvalue weighted by molar-refractivity contribution is 5.49. The van der Waals surface area contributed by atoms with Crippen LogP contribution in [0.25, 0.3) is 0 Å². The summed E-state index contributed by atoms with van der Waals surface area (Å²) < 4.78 is 1.87. The van der Waals surface area contributed by atoms with E-state index in [9.17, 15) is 5.11 Å². The molecule has 92 valence electrons. The van der Waals surface area contributed by atoms with Crippen molar-refractivity contribution in [1.82, 2.24) is 9.78 Å². The number of anilines is 1. The van der Waals surface area contributed by atoms with Gasteiger partial charge in [0.2, 0.25) is 0 Å². The van der Waals surface area contributed by atoms with Gasteiger partial charge in [-0.1, -0.05) is 13.8 Å². The summed E-state index contributed by atoms with van der Waals surface area (Å²) in [5.41, 5.74) is 1.87. The number of hydrogen-bond acceptors (Lipinski definition) is 3. The van der Waals surface area contributed by atoms with E-state index in [0.717, 1.165) is 30.2 Å².